The van der Waals surface area contributed by atoms with Crippen LogP contribution in [0.15, 0.2) is 71.5 Å². The molecule has 1 aliphatic rings. The van der Waals surface area contributed by atoms with Crippen LogP contribution in [0, 0.1) is 5.82 Å². The number of benzene rings is 3. The number of morpholine rings is 1. The molecule has 228 valence electrons. The summed E-state index contributed by atoms with van der Waals surface area (Å²) in [7, 11) is 0. The molecule has 3 aromatic carbocycles. The predicted octanol–water partition coefficient (Wildman–Crippen LogP) is 6.62. The molecule has 0 saturated carbocycles. The predicted molar refractivity (Wildman–Crippen MR) is 140 cm³/mol. The van der Waals surface area contributed by atoms with Crippen LogP contribution in [0.2, 0.25) is 0 Å². The molecule has 43 heavy (non-hydrogen) atoms. The Morgan fingerprint density at radius 3 is 2.07 bits per heavy atom. The molecule has 0 radical (unpaired) electrons. The molecule has 2 N–H and O–H groups in total. The van der Waals surface area contributed by atoms with E-state index < -0.39 is 47.6 Å². The largest absolute Gasteiger partial charge is 0.416 e. The van der Waals surface area contributed by atoms with Gasteiger partial charge >= 0.3 is 18.0 Å². The number of aromatic nitrogens is 3. The Kier molecular flexibility index (Phi) is 8.45. The molecular weight excluding hydrogens is 585 g/mol. The molecule has 0 unspecified atom stereocenters. The number of ether oxygens (including phenoxy) is 2. The zero-order chi connectivity index (χ0) is 30.9. The maximum atomic E-state index is 13.5. The maximum Gasteiger partial charge on any atom is 0.416 e. The Labute approximate surface area is 240 Å². The maximum absolute atomic E-state index is 13.5. The van der Waals surface area contributed by atoms with E-state index in [0.717, 1.165) is 11.1 Å². The average molecular weight is 611 g/mol. The normalized spacial score (nSPS) is 19.0. The van der Waals surface area contributed by atoms with E-state index in [1.807, 2.05) is 4.90 Å². The second-order valence-electron chi connectivity index (χ2n) is 10.0. The summed E-state index contributed by atoms with van der Waals surface area (Å²) in [5.41, 5.74) is -1.56. The molecule has 1 saturated heterocycles. The van der Waals surface area contributed by atoms with Crippen LogP contribution >= 0.6 is 0 Å². The zero-order valence-corrected chi connectivity index (χ0v) is 22.5. The van der Waals surface area contributed by atoms with E-state index >= 15 is 0 Å². The van der Waals surface area contributed by atoms with Crippen molar-refractivity contribution in [2.24, 2.45) is 0 Å². The molecular formula is C29H25F7N4O3. The summed E-state index contributed by atoms with van der Waals surface area (Å²) in [5.74, 6) is -0.0802. The van der Waals surface area contributed by atoms with Gasteiger partial charge in [-0.05, 0) is 59.5 Å². The van der Waals surface area contributed by atoms with Crippen LogP contribution in [-0.2, 0) is 28.4 Å². The van der Waals surface area contributed by atoms with Crippen molar-refractivity contribution in [3.8, 4) is 11.1 Å². The molecule has 14 heteroatoms. The minimum absolute atomic E-state index is 0.0607. The molecule has 0 amide bonds. The average Bonchev–Trinajstić information content (AvgIpc) is 3.37. The lowest BCUT2D eigenvalue weighted by Gasteiger charge is -2.41. The van der Waals surface area contributed by atoms with Crippen LogP contribution in [0.1, 0.15) is 47.1 Å². The molecule has 0 spiro atoms. The van der Waals surface area contributed by atoms with E-state index in [1.54, 1.807) is 36.4 Å². The number of hydrogen-bond acceptors (Lipinski definition) is 5. The highest BCUT2D eigenvalue weighted by Gasteiger charge is 2.39. The Morgan fingerprint density at radius 1 is 0.953 bits per heavy atom. The van der Waals surface area contributed by atoms with Gasteiger partial charge in [-0.3, -0.25) is 9.88 Å². The van der Waals surface area contributed by atoms with Gasteiger partial charge in [-0.1, -0.05) is 36.4 Å². The van der Waals surface area contributed by atoms with E-state index in [2.05, 4.69) is 15.2 Å². The second-order valence-corrected chi connectivity index (χ2v) is 10.0. The molecule has 7 nitrogen and oxygen atoms in total. The lowest BCUT2D eigenvalue weighted by Crippen LogP contribution is -2.46. The van der Waals surface area contributed by atoms with Gasteiger partial charge in [-0.25, -0.2) is 14.3 Å². The van der Waals surface area contributed by atoms with Crippen LogP contribution < -0.4 is 5.69 Å². The van der Waals surface area contributed by atoms with E-state index in [0.29, 0.717) is 30.1 Å². The first-order valence-corrected chi connectivity index (χ1v) is 13.1. The van der Waals surface area contributed by atoms with Crippen molar-refractivity contribution in [3.05, 3.63) is 111 Å². The minimum atomic E-state index is -5.01. The summed E-state index contributed by atoms with van der Waals surface area (Å²) in [4.78, 5) is 16.0. The Bertz CT molecular complexity index is 1570. The van der Waals surface area contributed by atoms with E-state index in [4.69, 9.17) is 9.47 Å². The molecule has 5 rings (SSSR count). The molecule has 0 bridgehead atoms. The van der Waals surface area contributed by atoms with Crippen molar-refractivity contribution in [2.75, 3.05) is 13.2 Å². The third kappa shape index (κ3) is 7.14. The Morgan fingerprint density at radius 2 is 1.53 bits per heavy atom. The molecule has 0 aliphatic carbocycles. The van der Waals surface area contributed by atoms with Crippen LogP contribution in [0.3, 0.4) is 0 Å². The number of rotatable bonds is 7. The van der Waals surface area contributed by atoms with Gasteiger partial charge in [-0.2, -0.15) is 31.4 Å². The van der Waals surface area contributed by atoms with Gasteiger partial charge in [0.15, 0.2) is 6.29 Å². The first kappa shape index (κ1) is 30.4. The Hall–Kier alpha value is -4.01. The monoisotopic (exact) mass is 610 g/mol. The van der Waals surface area contributed by atoms with Gasteiger partial charge < -0.3 is 9.47 Å². The van der Waals surface area contributed by atoms with E-state index in [1.165, 1.54) is 19.1 Å². The van der Waals surface area contributed by atoms with E-state index in [-0.39, 0.29) is 30.6 Å². The fourth-order valence-electron chi connectivity index (χ4n) is 4.93. The third-order valence-electron chi connectivity index (χ3n) is 7.06. The highest BCUT2D eigenvalue weighted by Crippen LogP contribution is 2.40. The van der Waals surface area contributed by atoms with Crippen molar-refractivity contribution in [2.45, 2.75) is 44.3 Å². The van der Waals surface area contributed by atoms with Gasteiger partial charge in [-0.15, -0.1) is 0 Å². The standard InChI is InChI=1S/C29H25F7N4O3/c1-16(20-12-21(28(31,32)33)14-22(13-20)29(34,35)36)43-26-25(40(10-11-42-26)15-24-37-27(41)39-38-24)19-4-2-17(3-5-19)18-6-8-23(30)9-7-18/h2-9,12-14,16,25-26H,10-11,15H2,1H3,(H2,37,38,39,41)/t16-,25-,26-/m1/s1. The summed E-state index contributed by atoms with van der Waals surface area (Å²) < 4.78 is 106. The summed E-state index contributed by atoms with van der Waals surface area (Å²) in [6, 6.07) is 13.6. The minimum Gasteiger partial charge on any atom is -0.349 e. The molecule has 2 heterocycles. The molecule has 1 fully saturated rings. The van der Waals surface area contributed by atoms with Crippen LogP contribution in [0.5, 0.6) is 0 Å². The quantitative estimate of drug-likeness (QED) is 0.230. The molecule has 1 aromatic heterocycles. The third-order valence-corrected chi connectivity index (χ3v) is 7.06. The topological polar surface area (TPSA) is 83.2 Å². The van der Waals surface area contributed by atoms with Gasteiger partial charge in [0.2, 0.25) is 0 Å². The summed E-state index contributed by atoms with van der Waals surface area (Å²) >= 11 is 0. The molecule has 3 atom stereocenters. The SMILES string of the molecule is C[C@@H](O[C@H]1OCCN(Cc2n[nH]c(=O)[nH]2)[C@@H]1c1ccc(-c2ccc(F)cc2)cc1)c1cc(C(F)(F)F)cc(C(F)(F)F)c1. The van der Waals surface area contributed by atoms with Gasteiger partial charge in [0.25, 0.3) is 0 Å². The Balaban J connectivity index is 1.48. The van der Waals surface area contributed by atoms with Crippen molar-refractivity contribution < 1.29 is 40.2 Å². The lowest BCUT2D eigenvalue weighted by atomic mass is 9.98. The van der Waals surface area contributed by atoms with Crippen LogP contribution in [0.4, 0.5) is 30.7 Å². The second kappa shape index (κ2) is 11.9. The summed E-state index contributed by atoms with van der Waals surface area (Å²) in [6.07, 6.45) is -12.4. The first-order valence-electron chi connectivity index (χ1n) is 13.1. The fraction of sp³-hybridized carbons (Fsp3) is 0.310. The van der Waals surface area contributed by atoms with Gasteiger partial charge in [0, 0.05) is 6.54 Å². The number of nitrogens with one attached hydrogen (secondary N) is 2. The number of nitrogens with zero attached hydrogens (tertiary/aromatic N) is 2. The highest BCUT2D eigenvalue weighted by molar-refractivity contribution is 5.63. The number of hydrogen-bond donors (Lipinski definition) is 2. The van der Waals surface area contributed by atoms with Gasteiger partial charge in [0.05, 0.1) is 36.4 Å². The van der Waals surface area contributed by atoms with Gasteiger partial charge in [0.1, 0.15) is 11.6 Å². The van der Waals surface area contributed by atoms with Crippen molar-refractivity contribution >= 4 is 0 Å². The van der Waals surface area contributed by atoms with Crippen LogP contribution in [-0.4, -0.2) is 39.5 Å². The first-order chi connectivity index (χ1) is 20.3. The molecule has 1 aliphatic heterocycles. The highest BCUT2D eigenvalue weighted by atomic mass is 19.4. The summed E-state index contributed by atoms with van der Waals surface area (Å²) in [5, 5.41) is 6.22. The van der Waals surface area contributed by atoms with E-state index in [9.17, 15) is 35.5 Å². The zero-order valence-electron chi connectivity index (χ0n) is 22.5. The number of halogens is 7. The lowest BCUT2D eigenvalue weighted by molar-refractivity contribution is -0.231. The number of alkyl halides is 6. The van der Waals surface area contributed by atoms with Crippen molar-refractivity contribution in [3.63, 3.8) is 0 Å². The summed E-state index contributed by atoms with van der Waals surface area (Å²) in [6.45, 7) is 1.93. The smallest absolute Gasteiger partial charge is 0.349 e. The fourth-order valence-corrected chi connectivity index (χ4v) is 4.93. The van der Waals surface area contributed by atoms with Crippen LogP contribution in [0.25, 0.3) is 11.1 Å². The van der Waals surface area contributed by atoms with Crippen molar-refractivity contribution in [1.82, 2.24) is 20.1 Å². The van der Waals surface area contributed by atoms with Crippen molar-refractivity contribution in [1.29, 1.82) is 0 Å². The molecule has 4 aromatic rings. The number of H-pyrrole nitrogens is 2. The number of aromatic amines is 2.